The fourth-order valence-electron chi connectivity index (χ4n) is 1.31. The maximum Gasteiger partial charge on any atom is 0.179 e. The molecule has 0 amide bonds. The van der Waals surface area contributed by atoms with Gasteiger partial charge >= 0.3 is 0 Å². The van der Waals surface area contributed by atoms with Gasteiger partial charge in [0.2, 0.25) is 0 Å². The molecule has 2 rings (SSSR count). The molecule has 2 aromatic rings. The van der Waals surface area contributed by atoms with Crippen molar-refractivity contribution in [1.82, 2.24) is 15.0 Å². The quantitative estimate of drug-likeness (QED) is 0.756. The summed E-state index contributed by atoms with van der Waals surface area (Å²) in [7, 11) is 0. The highest BCUT2D eigenvalue weighted by Gasteiger charge is 2.10. The Morgan fingerprint density at radius 2 is 2.20 bits per heavy atom. The van der Waals surface area contributed by atoms with Crippen molar-refractivity contribution >= 4 is 22.9 Å². The van der Waals surface area contributed by atoms with Crippen LogP contribution in [0.15, 0.2) is 17.1 Å². The summed E-state index contributed by atoms with van der Waals surface area (Å²) in [4.78, 5) is 12.8. The third-order valence-corrected chi connectivity index (χ3v) is 2.93. The minimum Gasteiger partial charge on any atom is -0.241 e. The van der Waals surface area contributed by atoms with Gasteiger partial charge in [-0.15, -0.1) is 22.9 Å². The van der Waals surface area contributed by atoms with E-state index in [2.05, 4.69) is 15.0 Å². The van der Waals surface area contributed by atoms with Gasteiger partial charge in [0.15, 0.2) is 5.82 Å². The monoisotopic (exact) mass is 239 g/mol. The van der Waals surface area contributed by atoms with Crippen molar-refractivity contribution in [3.8, 4) is 11.5 Å². The van der Waals surface area contributed by atoms with Crippen LogP contribution in [0.1, 0.15) is 23.6 Å². The first-order valence-electron chi connectivity index (χ1n) is 4.54. The third kappa shape index (κ3) is 2.16. The lowest BCUT2D eigenvalue weighted by Crippen LogP contribution is -1.98. The fraction of sp³-hybridized carbons (Fsp3) is 0.300. The topological polar surface area (TPSA) is 38.7 Å². The lowest BCUT2D eigenvalue weighted by Gasteiger charge is -2.06. The van der Waals surface area contributed by atoms with Gasteiger partial charge in [-0.25, -0.2) is 15.0 Å². The van der Waals surface area contributed by atoms with Crippen LogP contribution in [0.25, 0.3) is 11.5 Å². The molecule has 0 radical (unpaired) electrons. The zero-order valence-corrected chi connectivity index (χ0v) is 10.0. The SMILES string of the molecule is Cc1nc(-c2cscn2)ncc1C(C)Cl. The number of alkyl halides is 1. The molecule has 3 nitrogen and oxygen atoms in total. The zero-order chi connectivity index (χ0) is 10.8. The molecule has 0 saturated heterocycles. The molecule has 2 heterocycles. The van der Waals surface area contributed by atoms with E-state index in [4.69, 9.17) is 11.6 Å². The van der Waals surface area contributed by atoms with Gasteiger partial charge in [-0.3, -0.25) is 0 Å². The minimum atomic E-state index is -0.0607. The van der Waals surface area contributed by atoms with E-state index in [1.165, 1.54) is 11.3 Å². The normalized spacial score (nSPS) is 12.7. The molecule has 0 bridgehead atoms. The van der Waals surface area contributed by atoms with Crippen LogP contribution < -0.4 is 0 Å². The predicted octanol–water partition coefficient (Wildman–Crippen LogP) is 3.21. The number of aryl methyl sites for hydroxylation is 1. The highest BCUT2D eigenvalue weighted by Crippen LogP contribution is 2.23. The van der Waals surface area contributed by atoms with Gasteiger partial charge < -0.3 is 0 Å². The Morgan fingerprint density at radius 1 is 1.40 bits per heavy atom. The van der Waals surface area contributed by atoms with Gasteiger partial charge in [-0.2, -0.15) is 0 Å². The number of hydrogen-bond donors (Lipinski definition) is 0. The highest BCUT2D eigenvalue weighted by atomic mass is 35.5. The molecule has 0 fully saturated rings. The van der Waals surface area contributed by atoms with Gasteiger partial charge in [0.1, 0.15) is 5.69 Å². The Morgan fingerprint density at radius 3 is 2.73 bits per heavy atom. The summed E-state index contributed by atoms with van der Waals surface area (Å²) in [6, 6.07) is 0. The van der Waals surface area contributed by atoms with E-state index in [-0.39, 0.29) is 5.38 Å². The van der Waals surface area contributed by atoms with E-state index in [1.807, 2.05) is 19.2 Å². The van der Waals surface area contributed by atoms with Crippen molar-refractivity contribution in [2.75, 3.05) is 0 Å². The van der Waals surface area contributed by atoms with Crippen molar-refractivity contribution < 1.29 is 0 Å². The van der Waals surface area contributed by atoms with Crippen molar-refractivity contribution in [3.05, 3.63) is 28.3 Å². The van der Waals surface area contributed by atoms with E-state index in [0.717, 1.165) is 17.0 Å². The van der Waals surface area contributed by atoms with Crippen LogP contribution in [0.2, 0.25) is 0 Å². The van der Waals surface area contributed by atoms with Gasteiger partial charge in [0.05, 0.1) is 10.9 Å². The predicted molar refractivity (Wildman–Crippen MR) is 62.1 cm³/mol. The van der Waals surface area contributed by atoms with Gasteiger partial charge in [-0.1, -0.05) is 0 Å². The summed E-state index contributed by atoms with van der Waals surface area (Å²) in [6.07, 6.45) is 1.77. The van der Waals surface area contributed by atoms with Gasteiger partial charge in [0.25, 0.3) is 0 Å². The number of hydrogen-bond acceptors (Lipinski definition) is 4. The van der Waals surface area contributed by atoms with Crippen LogP contribution in [0.4, 0.5) is 0 Å². The number of thiazole rings is 1. The van der Waals surface area contributed by atoms with Crippen LogP contribution in [-0.4, -0.2) is 15.0 Å². The number of rotatable bonds is 2. The first kappa shape index (κ1) is 10.5. The van der Waals surface area contributed by atoms with Crippen molar-refractivity contribution in [2.24, 2.45) is 0 Å². The maximum atomic E-state index is 5.99. The van der Waals surface area contributed by atoms with Crippen molar-refractivity contribution in [3.63, 3.8) is 0 Å². The van der Waals surface area contributed by atoms with Crippen LogP contribution in [-0.2, 0) is 0 Å². The molecule has 0 aliphatic carbocycles. The summed E-state index contributed by atoms with van der Waals surface area (Å²) in [6.45, 7) is 3.85. The number of aromatic nitrogens is 3. The lowest BCUT2D eigenvalue weighted by atomic mass is 10.2. The second-order valence-corrected chi connectivity index (χ2v) is 4.60. The van der Waals surface area contributed by atoms with Crippen LogP contribution in [0.3, 0.4) is 0 Å². The molecular weight excluding hydrogens is 230 g/mol. The molecule has 1 atom stereocenters. The number of halogens is 1. The second kappa shape index (κ2) is 4.24. The Hall–Kier alpha value is -1.00. The molecule has 15 heavy (non-hydrogen) atoms. The number of nitrogens with zero attached hydrogens (tertiary/aromatic N) is 3. The Labute approximate surface area is 97.2 Å². The van der Waals surface area contributed by atoms with E-state index in [9.17, 15) is 0 Å². The molecule has 78 valence electrons. The lowest BCUT2D eigenvalue weighted by molar-refractivity contribution is 0.972. The van der Waals surface area contributed by atoms with Gasteiger partial charge in [-0.05, 0) is 13.8 Å². The Kier molecular flexibility index (Phi) is 2.98. The standard InChI is InChI=1S/C10H10ClN3S/c1-6(11)8-3-12-10(14-7(8)2)9-4-15-5-13-9/h3-6H,1-2H3. The van der Waals surface area contributed by atoms with Crippen molar-refractivity contribution in [2.45, 2.75) is 19.2 Å². The zero-order valence-electron chi connectivity index (χ0n) is 8.44. The maximum absolute atomic E-state index is 5.99. The van der Waals surface area contributed by atoms with Crippen LogP contribution >= 0.6 is 22.9 Å². The average Bonchev–Trinajstić information content (AvgIpc) is 2.69. The summed E-state index contributed by atoms with van der Waals surface area (Å²) >= 11 is 7.53. The van der Waals surface area contributed by atoms with Crippen molar-refractivity contribution in [1.29, 1.82) is 0 Å². The Balaban J connectivity index is 2.42. The second-order valence-electron chi connectivity index (χ2n) is 3.22. The third-order valence-electron chi connectivity index (χ3n) is 2.11. The van der Waals surface area contributed by atoms with Gasteiger partial charge in [0, 0.05) is 22.8 Å². The van der Waals surface area contributed by atoms with E-state index < -0.39 is 0 Å². The van der Waals surface area contributed by atoms with Crippen LogP contribution in [0, 0.1) is 6.92 Å². The molecular formula is C10H10ClN3S. The van der Waals surface area contributed by atoms with Crippen LogP contribution in [0.5, 0.6) is 0 Å². The molecule has 0 aliphatic rings. The molecule has 5 heteroatoms. The molecule has 1 unspecified atom stereocenters. The minimum absolute atomic E-state index is 0.0607. The molecule has 0 spiro atoms. The molecule has 2 aromatic heterocycles. The van der Waals surface area contributed by atoms with E-state index in [1.54, 1.807) is 11.7 Å². The smallest absolute Gasteiger partial charge is 0.179 e. The largest absolute Gasteiger partial charge is 0.241 e. The highest BCUT2D eigenvalue weighted by molar-refractivity contribution is 7.07. The summed E-state index contributed by atoms with van der Waals surface area (Å²) in [5.74, 6) is 0.662. The summed E-state index contributed by atoms with van der Waals surface area (Å²) in [5.41, 5.74) is 4.47. The summed E-state index contributed by atoms with van der Waals surface area (Å²) in [5, 5.41) is 1.87. The fourth-order valence-corrected chi connectivity index (χ4v) is 2.06. The molecule has 0 N–H and O–H groups in total. The first-order valence-corrected chi connectivity index (χ1v) is 5.92. The first-order chi connectivity index (χ1) is 7.18. The molecule has 0 aromatic carbocycles. The Bertz CT molecular complexity index is 454. The molecule has 0 aliphatic heterocycles. The van der Waals surface area contributed by atoms with E-state index >= 15 is 0 Å². The molecule has 0 saturated carbocycles. The summed E-state index contributed by atoms with van der Waals surface area (Å²) < 4.78 is 0. The van der Waals surface area contributed by atoms with E-state index in [0.29, 0.717) is 5.82 Å². The average molecular weight is 240 g/mol.